The summed E-state index contributed by atoms with van der Waals surface area (Å²) >= 11 is 0. The number of nitrogens with one attached hydrogen (secondary N) is 4. The molecule has 5 nitrogen and oxygen atoms in total. The first-order valence-corrected chi connectivity index (χ1v) is 12.5. The Morgan fingerprint density at radius 2 is 1.26 bits per heavy atom. The SMILES string of the molecule is C=[N+]1C2=CC=C[C-]1C[NH+]([CH2-])[C@@H]1CCCC[C@H]1[NH+]([CH2-])CC[NH+]([CH2-])[C@@H]1CCCC[C@H]1[NH+]([CH2-])C2. The van der Waals surface area contributed by atoms with Crippen molar-refractivity contribution < 1.29 is 24.2 Å². The first-order chi connectivity index (χ1) is 15.0. The van der Waals surface area contributed by atoms with Crippen LogP contribution >= 0.6 is 0 Å². The third kappa shape index (κ3) is 5.11. The Hall–Kier alpha value is -1.14. The van der Waals surface area contributed by atoms with Crippen molar-refractivity contribution in [1.29, 1.82) is 0 Å². The smallest absolute Gasteiger partial charge is 0.152 e. The van der Waals surface area contributed by atoms with E-state index in [9.17, 15) is 0 Å². The van der Waals surface area contributed by atoms with Gasteiger partial charge in [0.1, 0.15) is 50.3 Å². The number of quaternary nitrogens is 4. The van der Waals surface area contributed by atoms with Gasteiger partial charge in [0.05, 0.1) is 6.72 Å². The van der Waals surface area contributed by atoms with E-state index in [4.69, 9.17) is 0 Å². The fourth-order valence-electron chi connectivity index (χ4n) is 6.58. The van der Waals surface area contributed by atoms with Crippen LogP contribution in [0.15, 0.2) is 23.9 Å². The van der Waals surface area contributed by atoms with Gasteiger partial charge in [-0.15, -0.1) is 6.08 Å². The minimum atomic E-state index is 0.556. The van der Waals surface area contributed by atoms with Crippen LogP contribution in [0.1, 0.15) is 51.4 Å². The van der Waals surface area contributed by atoms with Gasteiger partial charge in [-0.3, -0.25) is 4.58 Å². The van der Waals surface area contributed by atoms with Crippen LogP contribution in [0.2, 0.25) is 0 Å². The molecule has 0 amide bonds. The van der Waals surface area contributed by atoms with Crippen molar-refractivity contribution in [3.63, 3.8) is 0 Å². The van der Waals surface area contributed by atoms with Gasteiger partial charge >= 0.3 is 0 Å². The Balaban J connectivity index is 1.61. The number of rotatable bonds is 0. The van der Waals surface area contributed by atoms with Crippen molar-refractivity contribution >= 4 is 6.72 Å². The number of fused-ring (bicyclic) bond motifs is 4. The standard InChI is InChI=1S/C26H45N5/c1-27-17-18-28(2)24-14-7-9-16-26(24)30(4)20-22-12-10-11-21(31(22)5)19-29(3)25-15-8-6-13-23(25)27/h10-12,23-30H,1-9,13-20H2/t23-,24-,25-,26-/m1/s1. The van der Waals surface area contributed by atoms with Crippen LogP contribution in [0.3, 0.4) is 0 Å². The number of hydrogen-bond acceptors (Lipinski definition) is 0. The molecule has 0 radical (unpaired) electrons. The van der Waals surface area contributed by atoms with E-state index < -0.39 is 0 Å². The molecule has 2 heterocycles. The van der Waals surface area contributed by atoms with Gasteiger partial charge in [0, 0.05) is 25.7 Å². The maximum Gasteiger partial charge on any atom is 0.152 e. The second-order valence-corrected chi connectivity index (χ2v) is 10.4. The molecular formula is C26H45N5. The first-order valence-electron chi connectivity index (χ1n) is 12.5. The highest BCUT2D eigenvalue weighted by molar-refractivity contribution is 5.27. The summed E-state index contributed by atoms with van der Waals surface area (Å²) in [6.45, 7) is 8.44. The van der Waals surface area contributed by atoms with Crippen LogP contribution in [-0.4, -0.2) is 61.6 Å². The van der Waals surface area contributed by atoms with Crippen LogP contribution in [0.5, 0.6) is 0 Å². The number of hydrogen-bond donors (Lipinski definition) is 4. The molecule has 0 aromatic heterocycles. The molecule has 2 aliphatic heterocycles. The molecule has 31 heavy (non-hydrogen) atoms. The maximum atomic E-state index is 4.60. The summed E-state index contributed by atoms with van der Waals surface area (Å²) in [5.74, 6) is 0. The third-order valence-electron chi connectivity index (χ3n) is 8.48. The zero-order chi connectivity index (χ0) is 22.0. The van der Waals surface area contributed by atoms with Crippen LogP contribution in [0, 0.1) is 34.2 Å². The van der Waals surface area contributed by atoms with Gasteiger partial charge in [0.25, 0.3) is 0 Å². The highest BCUT2D eigenvalue weighted by Gasteiger charge is 2.37. The Bertz CT molecular complexity index is 685. The van der Waals surface area contributed by atoms with Crippen LogP contribution in [-0.2, 0) is 0 Å². The Kier molecular flexibility index (Phi) is 7.58. The van der Waals surface area contributed by atoms with Crippen molar-refractivity contribution in [3.05, 3.63) is 58.2 Å². The average molecular weight is 428 g/mol. The van der Waals surface area contributed by atoms with E-state index in [1.165, 1.54) is 82.7 Å². The summed E-state index contributed by atoms with van der Waals surface area (Å²) in [5.41, 5.74) is 1.27. The zero-order valence-corrected chi connectivity index (χ0v) is 19.5. The van der Waals surface area contributed by atoms with Crippen molar-refractivity contribution in [1.82, 2.24) is 0 Å². The van der Waals surface area contributed by atoms with E-state index >= 15 is 0 Å². The quantitative estimate of drug-likeness (QED) is 0.254. The fraction of sp³-hybridized carbons (Fsp3) is 0.615. The van der Waals surface area contributed by atoms with E-state index in [1.807, 2.05) is 0 Å². The molecule has 4 unspecified atom stereocenters. The Labute approximate surface area is 191 Å². The molecular weight excluding hydrogens is 382 g/mol. The highest BCUT2D eigenvalue weighted by Crippen LogP contribution is 2.18. The van der Waals surface area contributed by atoms with E-state index in [1.54, 1.807) is 0 Å². The van der Waals surface area contributed by atoms with E-state index in [2.05, 4.69) is 57.7 Å². The zero-order valence-electron chi connectivity index (χ0n) is 19.5. The lowest BCUT2D eigenvalue weighted by molar-refractivity contribution is -0.986. The minimum absolute atomic E-state index is 0.556. The normalized spacial score (nSPS) is 42.6. The molecule has 4 N–H and O–H groups in total. The lowest BCUT2D eigenvalue weighted by Gasteiger charge is -2.46. The first kappa shape index (κ1) is 23.0. The molecule has 4 rings (SSSR count). The van der Waals surface area contributed by atoms with Crippen molar-refractivity contribution in [2.45, 2.75) is 75.5 Å². The number of allylic oxidation sites excluding steroid dienone is 2. The Morgan fingerprint density at radius 3 is 1.81 bits per heavy atom. The van der Waals surface area contributed by atoms with Gasteiger partial charge in [0.2, 0.25) is 0 Å². The molecule has 0 aromatic carbocycles. The summed E-state index contributed by atoms with van der Waals surface area (Å²) in [6, 6.07) is 3.54. The molecule has 174 valence electrons. The molecule has 2 aliphatic carbocycles. The van der Waals surface area contributed by atoms with Crippen LogP contribution < -0.4 is 19.6 Å². The van der Waals surface area contributed by atoms with Crippen LogP contribution in [0.25, 0.3) is 0 Å². The molecule has 8 atom stereocenters. The molecule has 0 spiro atoms. The van der Waals surface area contributed by atoms with Gasteiger partial charge < -0.3 is 19.6 Å². The third-order valence-corrected chi connectivity index (χ3v) is 8.48. The van der Waals surface area contributed by atoms with Crippen molar-refractivity contribution in [3.8, 4) is 0 Å². The van der Waals surface area contributed by atoms with Gasteiger partial charge in [0.15, 0.2) is 11.7 Å². The molecule has 2 saturated carbocycles. The molecule has 1 saturated heterocycles. The van der Waals surface area contributed by atoms with Gasteiger partial charge in [-0.05, 0) is 25.7 Å². The molecule has 2 bridgehead atoms. The lowest BCUT2D eigenvalue weighted by atomic mass is 9.87. The fourth-order valence-corrected chi connectivity index (χ4v) is 6.58. The van der Waals surface area contributed by atoms with Gasteiger partial charge in [-0.1, -0.05) is 12.2 Å². The molecule has 3 fully saturated rings. The van der Waals surface area contributed by atoms with Gasteiger partial charge in [-0.25, -0.2) is 0 Å². The largest absolute Gasteiger partial charge is 0.459 e. The second kappa shape index (κ2) is 10.2. The van der Waals surface area contributed by atoms with Gasteiger partial charge in [-0.2, -0.15) is 28.2 Å². The summed E-state index contributed by atoms with van der Waals surface area (Å²) in [6.07, 6.45) is 16.9. The lowest BCUT2D eigenvalue weighted by Crippen LogP contribution is -3.26. The average Bonchev–Trinajstić information content (AvgIpc) is 2.79. The summed E-state index contributed by atoms with van der Waals surface area (Å²) in [7, 11) is 18.4. The van der Waals surface area contributed by atoms with Crippen molar-refractivity contribution in [2.75, 3.05) is 26.2 Å². The summed E-state index contributed by atoms with van der Waals surface area (Å²) in [5, 5.41) is 0. The number of nitrogens with zero attached hydrogens (tertiary/aromatic N) is 1. The minimum Gasteiger partial charge on any atom is -0.459 e. The summed E-state index contributed by atoms with van der Waals surface area (Å²) < 4.78 is 2.16. The predicted molar refractivity (Wildman–Crippen MR) is 125 cm³/mol. The summed E-state index contributed by atoms with van der Waals surface area (Å²) in [4.78, 5) is 5.59. The van der Waals surface area contributed by atoms with E-state index in [0.717, 1.165) is 26.2 Å². The highest BCUT2D eigenvalue weighted by atomic mass is 15.3. The van der Waals surface area contributed by atoms with E-state index in [0.29, 0.717) is 24.2 Å². The van der Waals surface area contributed by atoms with Crippen molar-refractivity contribution in [2.24, 2.45) is 0 Å². The van der Waals surface area contributed by atoms with E-state index in [-0.39, 0.29) is 0 Å². The van der Waals surface area contributed by atoms with Crippen LogP contribution in [0.4, 0.5) is 0 Å². The maximum absolute atomic E-state index is 4.60. The molecule has 5 heteroatoms. The Morgan fingerprint density at radius 1 is 0.774 bits per heavy atom. The monoisotopic (exact) mass is 427 g/mol. The molecule has 0 aromatic rings. The second-order valence-electron chi connectivity index (χ2n) is 10.4. The molecule has 4 aliphatic rings. The predicted octanol–water partition coefficient (Wildman–Crippen LogP) is -1.97. The topological polar surface area (TPSA) is 20.8 Å².